The minimum atomic E-state index is -3.64. The Balaban J connectivity index is 3.32. The predicted molar refractivity (Wildman–Crippen MR) is 72.3 cm³/mol. The largest absolute Gasteiger partial charge is 0.495 e. The van der Waals surface area contributed by atoms with Crippen molar-refractivity contribution >= 4 is 21.6 Å². The molecule has 0 bridgehead atoms. The highest BCUT2D eigenvalue weighted by Gasteiger charge is 2.23. The van der Waals surface area contributed by atoms with Gasteiger partial charge in [0.2, 0.25) is 10.0 Å². The number of nitrogens with zero attached hydrogens (tertiary/aromatic N) is 1. The molecule has 1 aromatic carbocycles. The Morgan fingerprint density at radius 2 is 2.11 bits per heavy atom. The molecule has 0 unspecified atom stereocenters. The third kappa shape index (κ3) is 3.83. The highest BCUT2D eigenvalue weighted by Crippen LogP contribution is 2.30. The van der Waals surface area contributed by atoms with Gasteiger partial charge in [-0.2, -0.15) is 0 Å². The Morgan fingerprint density at radius 3 is 2.58 bits per heavy atom. The fourth-order valence-corrected chi connectivity index (χ4v) is 2.40. The first-order chi connectivity index (χ1) is 8.79. The third-order valence-corrected chi connectivity index (χ3v) is 3.58. The fourth-order valence-electron chi connectivity index (χ4n) is 1.55. The molecule has 1 aromatic rings. The number of rotatable bonds is 5. The molecule has 1 rings (SSSR count). The maximum atomic E-state index is 11.8. The molecule has 0 heterocycles. The molecule has 0 spiro atoms. The van der Waals surface area contributed by atoms with Crippen LogP contribution in [-0.2, 0) is 14.8 Å². The van der Waals surface area contributed by atoms with Crippen molar-refractivity contribution in [2.75, 3.05) is 24.2 Å². The van der Waals surface area contributed by atoms with Gasteiger partial charge in [0.25, 0.3) is 5.91 Å². The smallest absolute Gasteiger partial charge is 0.254 e. The maximum Gasteiger partial charge on any atom is 0.254 e. The summed E-state index contributed by atoms with van der Waals surface area (Å²) < 4.78 is 29.7. The number of sulfonamides is 1. The molecular weight excluding hydrogens is 270 g/mol. The van der Waals surface area contributed by atoms with E-state index in [2.05, 4.69) is 0 Å². The molecule has 106 valence electrons. The Labute approximate surface area is 112 Å². The van der Waals surface area contributed by atoms with E-state index in [9.17, 15) is 13.2 Å². The average Bonchev–Trinajstić information content (AvgIpc) is 2.34. The number of amides is 1. The van der Waals surface area contributed by atoms with E-state index in [0.29, 0.717) is 11.4 Å². The quantitative estimate of drug-likeness (QED) is 0.442. The third-order valence-electron chi connectivity index (χ3n) is 2.45. The molecule has 0 aliphatic heterocycles. The van der Waals surface area contributed by atoms with Gasteiger partial charge in [0.1, 0.15) is 12.3 Å². The second-order valence-electron chi connectivity index (χ2n) is 4.01. The van der Waals surface area contributed by atoms with Gasteiger partial charge in [-0.3, -0.25) is 14.5 Å². The van der Waals surface area contributed by atoms with Crippen LogP contribution >= 0.6 is 0 Å². The Kier molecular flexibility index (Phi) is 4.73. The van der Waals surface area contributed by atoms with E-state index in [1.165, 1.54) is 7.11 Å². The van der Waals surface area contributed by atoms with E-state index in [1.807, 2.05) is 12.3 Å². The first-order valence-electron chi connectivity index (χ1n) is 5.41. The molecule has 0 atom stereocenters. The maximum absolute atomic E-state index is 11.8. The molecule has 0 aliphatic rings. The van der Waals surface area contributed by atoms with E-state index in [4.69, 9.17) is 10.6 Å². The topological polar surface area (TPSA) is 102 Å². The number of hydrogen-bond acceptors (Lipinski definition) is 5. The normalized spacial score (nSPS) is 10.9. The van der Waals surface area contributed by atoms with Crippen molar-refractivity contribution in [1.82, 2.24) is 5.43 Å². The van der Waals surface area contributed by atoms with Crippen molar-refractivity contribution in [3.63, 3.8) is 0 Å². The highest BCUT2D eigenvalue weighted by atomic mass is 32.2. The molecule has 0 saturated heterocycles. The van der Waals surface area contributed by atoms with E-state index < -0.39 is 22.5 Å². The van der Waals surface area contributed by atoms with Crippen molar-refractivity contribution in [2.24, 2.45) is 5.84 Å². The monoisotopic (exact) mass is 287 g/mol. The number of benzene rings is 1. The molecular formula is C11H17N3O4S. The summed E-state index contributed by atoms with van der Waals surface area (Å²) in [6.07, 6.45) is 1.01. The number of carbonyl (C=O) groups is 1. The summed E-state index contributed by atoms with van der Waals surface area (Å²) in [6.45, 7) is 1.40. The summed E-state index contributed by atoms with van der Waals surface area (Å²) in [4.78, 5) is 11.3. The number of nitrogens with one attached hydrogen (secondary N) is 1. The van der Waals surface area contributed by atoms with Gasteiger partial charge in [0.05, 0.1) is 19.1 Å². The van der Waals surface area contributed by atoms with Crippen molar-refractivity contribution in [1.29, 1.82) is 0 Å². The molecule has 0 aromatic heterocycles. The first-order valence-corrected chi connectivity index (χ1v) is 7.26. The minimum Gasteiger partial charge on any atom is -0.495 e. The van der Waals surface area contributed by atoms with Crippen LogP contribution in [0.3, 0.4) is 0 Å². The van der Waals surface area contributed by atoms with Gasteiger partial charge in [0.15, 0.2) is 0 Å². The lowest BCUT2D eigenvalue weighted by atomic mass is 10.2. The zero-order valence-electron chi connectivity index (χ0n) is 11.0. The van der Waals surface area contributed by atoms with Crippen LogP contribution in [0.1, 0.15) is 5.56 Å². The van der Waals surface area contributed by atoms with Crippen molar-refractivity contribution in [2.45, 2.75) is 6.92 Å². The van der Waals surface area contributed by atoms with Crippen LogP contribution in [0, 0.1) is 6.92 Å². The standard InChI is InChI=1S/C11H17N3O4S/c1-8-4-5-10(18-2)9(6-8)14(19(3,16)17)7-11(15)13-12/h4-6H,7,12H2,1-3H3,(H,13,15). The minimum absolute atomic E-state index is 0.300. The molecule has 0 radical (unpaired) electrons. The van der Waals surface area contributed by atoms with Gasteiger partial charge in [-0.15, -0.1) is 0 Å². The van der Waals surface area contributed by atoms with Crippen LogP contribution < -0.4 is 20.3 Å². The number of ether oxygens (including phenoxy) is 1. The predicted octanol–water partition coefficient (Wildman–Crippen LogP) is -0.240. The molecule has 0 aliphatic carbocycles. The average molecular weight is 287 g/mol. The van der Waals surface area contributed by atoms with Gasteiger partial charge < -0.3 is 4.74 Å². The molecule has 3 N–H and O–H groups in total. The number of hydrogen-bond donors (Lipinski definition) is 2. The second kappa shape index (κ2) is 5.89. The fraction of sp³-hybridized carbons (Fsp3) is 0.364. The molecule has 7 nitrogen and oxygen atoms in total. The number of aryl methyl sites for hydroxylation is 1. The van der Waals surface area contributed by atoms with Crippen LogP contribution in [0.25, 0.3) is 0 Å². The zero-order chi connectivity index (χ0) is 14.6. The summed E-state index contributed by atoms with van der Waals surface area (Å²) in [5.74, 6) is 4.74. The number of hydrazine groups is 1. The number of carbonyl (C=O) groups excluding carboxylic acids is 1. The second-order valence-corrected chi connectivity index (χ2v) is 5.92. The molecule has 0 fully saturated rings. The highest BCUT2D eigenvalue weighted by molar-refractivity contribution is 7.92. The van der Waals surface area contributed by atoms with E-state index in [1.54, 1.807) is 18.2 Å². The summed E-state index contributed by atoms with van der Waals surface area (Å²) in [5.41, 5.74) is 3.05. The van der Waals surface area contributed by atoms with Crippen LogP contribution in [0.15, 0.2) is 18.2 Å². The summed E-state index contributed by atoms with van der Waals surface area (Å²) in [5, 5.41) is 0. The van der Waals surface area contributed by atoms with E-state index in [-0.39, 0.29) is 0 Å². The van der Waals surface area contributed by atoms with Crippen LogP contribution in [0.4, 0.5) is 5.69 Å². The summed E-state index contributed by atoms with van der Waals surface area (Å²) >= 11 is 0. The van der Waals surface area contributed by atoms with Gasteiger partial charge >= 0.3 is 0 Å². The van der Waals surface area contributed by atoms with Crippen LogP contribution in [0.5, 0.6) is 5.75 Å². The van der Waals surface area contributed by atoms with Crippen molar-refractivity contribution in [3.8, 4) is 5.75 Å². The van der Waals surface area contributed by atoms with Gasteiger partial charge in [-0.05, 0) is 24.6 Å². The van der Waals surface area contributed by atoms with Gasteiger partial charge in [0, 0.05) is 0 Å². The molecule has 8 heteroatoms. The summed E-state index contributed by atoms with van der Waals surface area (Å²) in [6, 6.07) is 5.05. The lowest BCUT2D eigenvalue weighted by Gasteiger charge is -2.23. The first kappa shape index (κ1) is 15.3. The number of anilines is 1. The molecule has 0 saturated carbocycles. The molecule has 19 heavy (non-hydrogen) atoms. The van der Waals surface area contributed by atoms with Crippen LogP contribution in [-0.4, -0.2) is 34.2 Å². The Morgan fingerprint density at radius 1 is 1.47 bits per heavy atom. The lowest BCUT2D eigenvalue weighted by molar-refractivity contribution is -0.119. The van der Waals surface area contributed by atoms with E-state index >= 15 is 0 Å². The Hall–Kier alpha value is -1.80. The van der Waals surface area contributed by atoms with E-state index in [0.717, 1.165) is 16.1 Å². The van der Waals surface area contributed by atoms with Gasteiger partial charge in [-0.25, -0.2) is 14.3 Å². The molecule has 1 amide bonds. The van der Waals surface area contributed by atoms with Crippen molar-refractivity contribution in [3.05, 3.63) is 23.8 Å². The number of nitrogens with two attached hydrogens (primary N) is 1. The zero-order valence-corrected chi connectivity index (χ0v) is 11.8. The van der Waals surface area contributed by atoms with Crippen LogP contribution in [0.2, 0.25) is 0 Å². The SMILES string of the molecule is COc1ccc(C)cc1N(CC(=O)NN)S(C)(=O)=O. The number of methoxy groups -OCH3 is 1. The lowest BCUT2D eigenvalue weighted by Crippen LogP contribution is -2.43. The Bertz CT molecular complexity index is 571. The summed E-state index contributed by atoms with van der Waals surface area (Å²) in [7, 11) is -2.21. The van der Waals surface area contributed by atoms with Gasteiger partial charge in [-0.1, -0.05) is 6.07 Å². The van der Waals surface area contributed by atoms with Crippen molar-refractivity contribution < 1.29 is 17.9 Å².